The fraction of sp³-hybridized carbons (Fsp3) is 0.385. The predicted octanol–water partition coefficient (Wildman–Crippen LogP) is 2.53. The van der Waals surface area contributed by atoms with E-state index >= 15 is 0 Å². The number of aliphatic imine (C=N–C) groups is 1. The van der Waals surface area contributed by atoms with Crippen molar-refractivity contribution in [1.29, 1.82) is 0 Å². The lowest BCUT2D eigenvalue weighted by Crippen LogP contribution is -2.25. The third-order valence-electron chi connectivity index (χ3n) is 2.65. The van der Waals surface area contributed by atoms with E-state index in [0.29, 0.717) is 0 Å². The number of nitrogens with zero attached hydrogens (tertiary/aromatic N) is 2. The van der Waals surface area contributed by atoms with Crippen molar-refractivity contribution in [3.05, 3.63) is 35.9 Å². The van der Waals surface area contributed by atoms with E-state index in [1.807, 2.05) is 44.0 Å². The maximum atomic E-state index is 11.6. The quantitative estimate of drug-likeness (QED) is 0.806. The molecule has 0 N–H and O–H groups in total. The molecule has 1 aliphatic heterocycles. The third kappa shape index (κ3) is 2.69. The summed E-state index contributed by atoms with van der Waals surface area (Å²) in [7, 11) is 1.97. The molecule has 3 nitrogen and oxygen atoms in total. The molecular formula is C13H16N2OS. The van der Waals surface area contributed by atoms with Gasteiger partial charge in [0, 0.05) is 13.6 Å². The Morgan fingerprint density at radius 1 is 1.29 bits per heavy atom. The summed E-state index contributed by atoms with van der Waals surface area (Å²) in [6.07, 6.45) is 0. The van der Waals surface area contributed by atoms with Crippen LogP contribution in [0.2, 0.25) is 0 Å². The van der Waals surface area contributed by atoms with Crippen molar-refractivity contribution in [2.24, 2.45) is 4.99 Å². The maximum absolute atomic E-state index is 11.6. The molecule has 0 aromatic heterocycles. The number of carbonyl (C=O) groups is 1. The van der Waals surface area contributed by atoms with Crippen molar-refractivity contribution in [3.8, 4) is 0 Å². The second-order valence-electron chi connectivity index (χ2n) is 4.65. The molecule has 1 heterocycles. The van der Waals surface area contributed by atoms with Crippen LogP contribution in [0.15, 0.2) is 35.3 Å². The van der Waals surface area contributed by atoms with Crippen LogP contribution in [0, 0.1) is 0 Å². The van der Waals surface area contributed by atoms with Crippen molar-refractivity contribution in [2.75, 3.05) is 7.05 Å². The van der Waals surface area contributed by atoms with Crippen LogP contribution in [0.25, 0.3) is 0 Å². The minimum Gasteiger partial charge on any atom is -0.350 e. The van der Waals surface area contributed by atoms with Crippen molar-refractivity contribution in [3.63, 3.8) is 0 Å². The average Bonchev–Trinajstić information content (AvgIpc) is 2.55. The number of amides is 1. The van der Waals surface area contributed by atoms with Gasteiger partial charge in [0.15, 0.2) is 5.17 Å². The molecular weight excluding hydrogens is 232 g/mol. The first-order valence-corrected chi connectivity index (χ1v) is 6.38. The molecule has 0 spiro atoms. The SMILES string of the molecule is CN(Cc1ccccc1)C1=NC(=O)C(C)(C)S1. The highest BCUT2D eigenvalue weighted by Crippen LogP contribution is 2.34. The van der Waals surface area contributed by atoms with Gasteiger partial charge in [-0.15, -0.1) is 0 Å². The Bertz CT molecular complexity index is 454. The molecule has 17 heavy (non-hydrogen) atoms. The summed E-state index contributed by atoms with van der Waals surface area (Å²) in [6.45, 7) is 4.59. The van der Waals surface area contributed by atoms with Crippen LogP contribution in [0.1, 0.15) is 19.4 Å². The van der Waals surface area contributed by atoms with E-state index in [1.165, 1.54) is 17.3 Å². The van der Waals surface area contributed by atoms with E-state index in [1.54, 1.807) is 0 Å². The molecule has 0 bridgehead atoms. The Balaban J connectivity index is 2.06. The van der Waals surface area contributed by atoms with Crippen LogP contribution < -0.4 is 0 Å². The Kier molecular flexibility index (Phi) is 3.24. The molecule has 1 aromatic carbocycles. The molecule has 1 amide bonds. The highest BCUT2D eigenvalue weighted by molar-refractivity contribution is 8.16. The van der Waals surface area contributed by atoms with Gasteiger partial charge in [-0.25, -0.2) is 0 Å². The summed E-state index contributed by atoms with van der Waals surface area (Å²) >= 11 is 1.53. The Labute approximate surface area is 106 Å². The largest absolute Gasteiger partial charge is 0.350 e. The summed E-state index contributed by atoms with van der Waals surface area (Å²) in [5.41, 5.74) is 1.22. The van der Waals surface area contributed by atoms with Gasteiger partial charge in [0.25, 0.3) is 5.91 Å². The molecule has 0 fully saturated rings. The van der Waals surface area contributed by atoms with Gasteiger partial charge in [0.2, 0.25) is 0 Å². The lowest BCUT2D eigenvalue weighted by atomic mass is 10.2. The van der Waals surface area contributed by atoms with E-state index in [4.69, 9.17) is 0 Å². The number of amidine groups is 1. The van der Waals surface area contributed by atoms with Crippen LogP contribution in [0.5, 0.6) is 0 Å². The van der Waals surface area contributed by atoms with Gasteiger partial charge < -0.3 is 4.90 Å². The van der Waals surface area contributed by atoms with E-state index in [2.05, 4.69) is 17.1 Å². The molecule has 2 rings (SSSR count). The van der Waals surface area contributed by atoms with Gasteiger partial charge in [-0.1, -0.05) is 42.1 Å². The number of hydrogen-bond donors (Lipinski definition) is 0. The third-order valence-corrected chi connectivity index (χ3v) is 3.92. The predicted molar refractivity (Wildman–Crippen MR) is 72.0 cm³/mol. The summed E-state index contributed by atoms with van der Waals surface area (Å²) in [5.74, 6) is -0.0441. The minimum absolute atomic E-state index is 0.0441. The van der Waals surface area contributed by atoms with Gasteiger partial charge in [-0.3, -0.25) is 4.79 Å². The fourth-order valence-corrected chi connectivity index (χ4v) is 2.54. The van der Waals surface area contributed by atoms with Crippen LogP contribution in [0.4, 0.5) is 0 Å². The number of hydrogen-bond acceptors (Lipinski definition) is 3. The van der Waals surface area contributed by atoms with Crippen LogP contribution in [-0.4, -0.2) is 27.8 Å². The number of thioether (sulfide) groups is 1. The van der Waals surface area contributed by atoms with Crippen molar-refractivity contribution >= 4 is 22.8 Å². The second kappa shape index (κ2) is 4.53. The molecule has 1 aliphatic rings. The van der Waals surface area contributed by atoms with Crippen molar-refractivity contribution in [2.45, 2.75) is 25.1 Å². The molecule has 0 unspecified atom stereocenters. The van der Waals surface area contributed by atoms with Crippen LogP contribution in [-0.2, 0) is 11.3 Å². The Morgan fingerprint density at radius 2 is 1.94 bits per heavy atom. The zero-order valence-corrected chi connectivity index (χ0v) is 11.1. The number of benzene rings is 1. The number of carbonyl (C=O) groups excluding carboxylic acids is 1. The Hall–Kier alpha value is -1.29. The van der Waals surface area contributed by atoms with Crippen molar-refractivity contribution < 1.29 is 4.79 Å². The van der Waals surface area contributed by atoms with Gasteiger partial charge in [-0.05, 0) is 19.4 Å². The highest BCUT2D eigenvalue weighted by atomic mass is 32.2. The topological polar surface area (TPSA) is 32.7 Å². The zero-order chi connectivity index (χ0) is 12.5. The second-order valence-corrected chi connectivity index (χ2v) is 6.24. The molecule has 0 atom stereocenters. The van der Waals surface area contributed by atoms with Gasteiger partial charge >= 0.3 is 0 Å². The molecule has 0 saturated carbocycles. The summed E-state index contributed by atoms with van der Waals surface area (Å²) in [5, 5.41) is 0.809. The minimum atomic E-state index is -0.416. The molecule has 4 heteroatoms. The first-order valence-electron chi connectivity index (χ1n) is 5.56. The fourth-order valence-electron chi connectivity index (χ4n) is 1.60. The molecule has 0 aliphatic carbocycles. The van der Waals surface area contributed by atoms with E-state index in [-0.39, 0.29) is 5.91 Å². The smallest absolute Gasteiger partial charge is 0.264 e. The van der Waals surface area contributed by atoms with Gasteiger partial charge in [-0.2, -0.15) is 4.99 Å². The van der Waals surface area contributed by atoms with Crippen LogP contribution in [0.3, 0.4) is 0 Å². The maximum Gasteiger partial charge on any atom is 0.264 e. The van der Waals surface area contributed by atoms with E-state index in [9.17, 15) is 4.79 Å². The molecule has 0 saturated heterocycles. The lowest BCUT2D eigenvalue weighted by Gasteiger charge is -2.20. The lowest BCUT2D eigenvalue weighted by molar-refractivity contribution is -0.119. The van der Waals surface area contributed by atoms with Crippen LogP contribution >= 0.6 is 11.8 Å². The summed E-state index contributed by atoms with van der Waals surface area (Å²) in [6, 6.07) is 10.2. The van der Waals surface area contributed by atoms with Gasteiger partial charge in [0.1, 0.15) is 0 Å². The molecule has 1 aromatic rings. The molecule has 0 radical (unpaired) electrons. The zero-order valence-electron chi connectivity index (χ0n) is 10.3. The average molecular weight is 248 g/mol. The molecule has 90 valence electrons. The van der Waals surface area contributed by atoms with E-state index in [0.717, 1.165) is 11.7 Å². The normalized spacial score (nSPS) is 18.1. The monoisotopic (exact) mass is 248 g/mol. The first-order chi connectivity index (χ1) is 7.99. The standard InChI is InChI=1S/C13H16N2OS/c1-13(2)11(16)14-12(17-13)15(3)9-10-7-5-4-6-8-10/h4-8H,9H2,1-3H3. The highest BCUT2D eigenvalue weighted by Gasteiger charge is 2.37. The Morgan fingerprint density at radius 3 is 2.47 bits per heavy atom. The van der Waals surface area contributed by atoms with Gasteiger partial charge in [0.05, 0.1) is 4.75 Å². The number of rotatable bonds is 2. The summed E-state index contributed by atoms with van der Waals surface area (Å²) in [4.78, 5) is 17.8. The van der Waals surface area contributed by atoms with E-state index < -0.39 is 4.75 Å². The summed E-state index contributed by atoms with van der Waals surface area (Å²) < 4.78 is -0.416. The van der Waals surface area contributed by atoms with Crippen molar-refractivity contribution in [1.82, 2.24) is 4.90 Å². The first kappa shape index (κ1) is 12.2.